The van der Waals surface area contributed by atoms with Crippen LogP contribution in [0.5, 0.6) is 0 Å². The van der Waals surface area contributed by atoms with Crippen molar-refractivity contribution in [2.75, 3.05) is 25.0 Å². The highest BCUT2D eigenvalue weighted by molar-refractivity contribution is 5.87. The Balaban J connectivity index is 1.69. The molecule has 1 aliphatic rings. The lowest BCUT2D eigenvalue weighted by atomic mass is 9.89. The molecule has 0 bridgehead atoms. The Hall–Kier alpha value is -3.15. The smallest absolute Gasteiger partial charge is 0.363 e. The van der Waals surface area contributed by atoms with Crippen LogP contribution < -0.4 is 10.9 Å². The van der Waals surface area contributed by atoms with Gasteiger partial charge in [0.25, 0.3) is 12.0 Å². The zero-order valence-electron chi connectivity index (χ0n) is 20.5. The number of fused-ring (bicyclic) bond motifs is 1. The molecule has 200 valence electrons. The number of anilines is 1. The number of piperidine rings is 1. The van der Waals surface area contributed by atoms with E-state index in [9.17, 15) is 31.1 Å². The highest BCUT2D eigenvalue weighted by Crippen LogP contribution is 2.33. The molecule has 0 spiro atoms. The molecule has 37 heavy (non-hydrogen) atoms. The van der Waals surface area contributed by atoms with Crippen LogP contribution in [0, 0.1) is 12.7 Å². The average Bonchev–Trinajstić information content (AvgIpc) is 2.81. The monoisotopic (exact) mass is 527 g/mol. The summed E-state index contributed by atoms with van der Waals surface area (Å²) in [5.74, 6) is -0.624. The van der Waals surface area contributed by atoms with E-state index in [2.05, 4.69) is 15.3 Å². The summed E-state index contributed by atoms with van der Waals surface area (Å²) in [6.45, 7) is 2.66. The molecule has 3 heterocycles. The average molecular weight is 528 g/mol. The third kappa shape index (κ3) is 5.73. The number of benzene rings is 1. The molecule has 0 unspecified atom stereocenters. The second-order valence-corrected chi connectivity index (χ2v) is 9.40. The van der Waals surface area contributed by atoms with Gasteiger partial charge >= 0.3 is 6.18 Å². The van der Waals surface area contributed by atoms with Crippen LogP contribution >= 0.6 is 0 Å². The molecule has 0 aliphatic carbocycles. The van der Waals surface area contributed by atoms with Crippen molar-refractivity contribution < 1.29 is 26.3 Å². The first-order chi connectivity index (χ1) is 17.4. The number of halogens is 6. The summed E-state index contributed by atoms with van der Waals surface area (Å²) in [6, 6.07) is 4.69. The molecule has 2 aromatic heterocycles. The van der Waals surface area contributed by atoms with E-state index in [0.717, 1.165) is 6.07 Å². The van der Waals surface area contributed by atoms with E-state index in [1.165, 1.54) is 21.6 Å². The van der Waals surface area contributed by atoms with Crippen molar-refractivity contribution in [3.8, 4) is 0 Å². The van der Waals surface area contributed by atoms with Crippen molar-refractivity contribution in [3.05, 3.63) is 63.0 Å². The predicted octanol–water partition coefficient (Wildman–Crippen LogP) is 5.63. The number of nitrogens with zero attached hydrogens (tertiary/aromatic N) is 4. The van der Waals surface area contributed by atoms with Crippen LogP contribution in [0.15, 0.2) is 29.1 Å². The van der Waals surface area contributed by atoms with Crippen LogP contribution in [0.4, 0.5) is 32.2 Å². The van der Waals surface area contributed by atoms with E-state index in [4.69, 9.17) is 0 Å². The van der Waals surface area contributed by atoms with Crippen LogP contribution in [0.1, 0.15) is 60.7 Å². The second-order valence-electron chi connectivity index (χ2n) is 9.40. The van der Waals surface area contributed by atoms with Gasteiger partial charge in [-0.2, -0.15) is 13.2 Å². The molecule has 12 heteroatoms. The molecule has 1 N–H and O–H groups in total. The Kier molecular flexibility index (Phi) is 7.50. The zero-order chi connectivity index (χ0) is 27.1. The maximum Gasteiger partial charge on any atom is 0.401 e. The van der Waals surface area contributed by atoms with Gasteiger partial charge in [-0.1, -0.05) is 18.2 Å². The number of aryl methyl sites for hydroxylation is 2. The van der Waals surface area contributed by atoms with Gasteiger partial charge < -0.3 is 5.32 Å². The lowest BCUT2D eigenvalue weighted by molar-refractivity contribution is -0.147. The van der Waals surface area contributed by atoms with Crippen LogP contribution in [-0.4, -0.2) is 45.2 Å². The fraction of sp³-hybridized carbons (Fsp3) is 0.480. The van der Waals surface area contributed by atoms with Crippen molar-refractivity contribution >= 4 is 16.9 Å². The van der Waals surface area contributed by atoms with Crippen molar-refractivity contribution in [3.63, 3.8) is 0 Å². The first-order valence-corrected chi connectivity index (χ1v) is 11.9. The molecular formula is C25H27F6N5O. The number of aromatic nitrogens is 3. The van der Waals surface area contributed by atoms with Crippen LogP contribution in [-0.2, 0) is 7.05 Å². The van der Waals surface area contributed by atoms with Crippen LogP contribution in [0.3, 0.4) is 0 Å². The minimum Gasteiger partial charge on any atom is -0.363 e. The molecular weight excluding hydrogens is 500 g/mol. The summed E-state index contributed by atoms with van der Waals surface area (Å²) in [6.07, 6.45) is -6.48. The van der Waals surface area contributed by atoms with Gasteiger partial charge in [0.1, 0.15) is 23.1 Å². The van der Waals surface area contributed by atoms with E-state index in [1.54, 1.807) is 27.0 Å². The lowest BCUT2D eigenvalue weighted by Crippen LogP contribution is -2.40. The number of pyridine rings is 1. The summed E-state index contributed by atoms with van der Waals surface area (Å²) >= 11 is 0. The van der Waals surface area contributed by atoms with E-state index in [0.29, 0.717) is 41.1 Å². The topological polar surface area (TPSA) is 63.1 Å². The first kappa shape index (κ1) is 26.9. The number of hydrogen-bond acceptors (Lipinski definition) is 5. The molecule has 1 fully saturated rings. The van der Waals surface area contributed by atoms with Gasteiger partial charge in [0.2, 0.25) is 0 Å². The maximum absolute atomic E-state index is 14.8. The highest BCUT2D eigenvalue weighted by Gasteiger charge is 2.33. The largest absolute Gasteiger partial charge is 0.401 e. The molecule has 1 aliphatic heterocycles. The number of alkyl halides is 5. The van der Waals surface area contributed by atoms with Crippen molar-refractivity contribution in [1.29, 1.82) is 0 Å². The van der Waals surface area contributed by atoms with E-state index < -0.39 is 36.6 Å². The second kappa shape index (κ2) is 10.3. The lowest BCUT2D eigenvalue weighted by Gasteiger charge is -2.32. The third-order valence-electron chi connectivity index (χ3n) is 6.75. The van der Waals surface area contributed by atoms with Gasteiger partial charge in [-0.05, 0) is 51.8 Å². The fourth-order valence-corrected chi connectivity index (χ4v) is 4.87. The normalized spacial score (nSPS) is 16.5. The summed E-state index contributed by atoms with van der Waals surface area (Å²) in [5.41, 5.74) is -0.196. The molecule has 6 nitrogen and oxygen atoms in total. The molecule has 0 radical (unpaired) electrons. The number of hydrogen-bond donors (Lipinski definition) is 1. The van der Waals surface area contributed by atoms with Crippen molar-refractivity contribution in [2.45, 2.75) is 51.3 Å². The molecule has 1 aromatic carbocycles. The predicted molar refractivity (Wildman–Crippen MR) is 127 cm³/mol. The summed E-state index contributed by atoms with van der Waals surface area (Å²) in [5, 5.41) is 3.54. The van der Waals surface area contributed by atoms with Gasteiger partial charge in [-0.25, -0.2) is 23.1 Å². The molecule has 1 atom stereocenters. The Labute approximate surface area is 209 Å². The Bertz CT molecular complexity index is 1350. The molecule has 0 amide bonds. The number of likely N-dealkylation sites (tertiary alicyclic amines) is 1. The van der Waals surface area contributed by atoms with Gasteiger partial charge in [0.15, 0.2) is 0 Å². The quantitative estimate of drug-likeness (QED) is 0.421. The molecule has 3 aromatic rings. The van der Waals surface area contributed by atoms with Crippen LogP contribution in [0.25, 0.3) is 11.0 Å². The van der Waals surface area contributed by atoms with E-state index >= 15 is 0 Å². The summed E-state index contributed by atoms with van der Waals surface area (Å²) in [4.78, 5) is 23.3. The number of rotatable bonds is 6. The standard InChI is InChI=1S/C25H27F6N5O/c1-13(16-5-4-6-17(20(16)26)21(27)28)32-22-19-11-18(24(37)35(3)23(19)34-14(2)33-22)15-7-9-36(10-8-15)12-25(29,30)31/h4-6,11,13,15,21H,7-10,12H2,1-3H3,(H,32,33,34)/t13-/m1/s1. The minimum atomic E-state index is -4.29. The highest BCUT2D eigenvalue weighted by atomic mass is 19.4. The molecule has 4 rings (SSSR count). The van der Waals surface area contributed by atoms with Gasteiger partial charge in [0, 0.05) is 18.2 Å². The molecule has 1 saturated heterocycles. The molecule has 0 saturated carbocycles. The van der Waals surface area contributed by atoms with Gasteiger partial charge in [0.05, 0.1) is 23.5 Å². The summed E-state index contributed by atoms with van der Waals surface area (Å²) < 4.78 is 80.8. The third-order valence-corrected chi connectivity index (χ3v) is 6.75. The first-order valence-electron chi connectivity index (χ1n) is 11.9. The van der Waals surface area contributed by atoms with E-state index in [-0.39, 0.29) is 30.1 Å². The number of nitrogens with one attached hydrogen (secondary N) is 1. The SMILES string of the molecule is Cc1nc(N[C@H](C)c2cccc(C(F)F)c2F)c2cc(C3CCN(CC(F)(F)F)CC3)c(=O)n(C)c2n1. The summed E-state index contributed by atoms with van der Waals surface area (Å²) in [7, 11) is 1.55. The van der Waals surface area contributed by atoms with Crippen LogP contribution in [0.2, 0.25) is 0 Å². The van der Waals surface area contributed by atoms with Gasteiger partial charge in [-0.3, -0.25) is 14.3 Å². The van der Waals surface area contributed by atoms with Crippen molar-refractivity contribution in [1.82, 2.24) is 19.4 Å². The van der Waals surface area contributed by atoms with Gasteiger partial charge in [-0.15, -0.1) is 0 Å². The Morgan fingerprint density at radius 1 is 1.14 bits per heavy atom. The van der Waals surface area contributed by atoms with E-state index in [1.807, 2.05) is 0 Å². The zero-order valence-corrected chi connectivity index (χ0v) is 20.5. The Morgan fingerprint density at radius 3 is 2.41 bits per heavy atom. The maximum atomic E-state index is 14.8. The van der Waals surface area contributed by atoms with Crippen molar-refractivity contribution in [2.24, 2.45) is 7.05 Å². The Morgan fingerprint density at radius 2 is 1.78 bits per heavy atom. The minimum absolute atomic E-state index is 0.0318. The fourth-order valence-electron chi connectivity index (χ4n) is 4.87.